The molecule has 0 spiro atoms. The second-order valence-electron chi connectivity index (χ2n) is 7.58. The van der Waals surface area contributed by atoms with Gasteiger partial charge in [-0.05, 0) is 30.7 Å². The molecule has 9 heteroatoms. The van der Waals surface area contributed by atoms with Crippen LogP contribution in [0.3, 0.4) is 0 Å². The minimum atomic E-state index is -1.17. The lowest BCUT2D eigenvalue weighted by Crippen LogP contribution is -2.57. The number of benzene rings is 3. The van der Waals surface area contributed by atoms with E-state index in [1.165, 1.54) is 24.3 Å². The third-order valence-corrected chi connectivity index (χ3v) is 5.56. The van der Waals surface area contributed by atoms with Gasteiger partial charge in [0.15, 0.2) is 5.78 Å². The van der Waals surface area contributed by atoms with Crippen molar-refractivity contribution in [1.82, 2.24) is 10.0 Å². The Hall–Kier alpha value is -4.66. The Kier molecular flexibility index (Phi) is 6.01. The molecule has 9 nitrogen and oxygen atoms in total. The molecule has 3 aromatic rings. The smallest absolute Gasteiger partial charge is 0.280 e. The molecule has 1 aliphatic rings. The van der Waals surface area contributed by atoms with Crippen molar-refractivity contribution >= 4 is 29.2 Å². The topological polar surface area (TPSA) is 118 Å². The van der Waals surface area contributed by atoms with Gasteiger partial charge in [0.1, 0.15) is 6.04 Å². The molecule has 0 aromatic heterocycles. The number of carbonyl (C=O) groups excluding carboxylic acids is 4. The van der Waals surface area contributed by atoms with Gasteiger partial charge >= 0.3 is 0 Å². The molecule has 0 N–H and O–H groups in total. The lowest BCUT2D eigenvalue weighted by atomic mass is 10.0. The van der Waals surface area contributed by atoms with Crippen LogP contribution < -0.4 is 0 Å². The molecule has 1 heterocycles. The monoisotopic (exact) mass is 457 g/mol. The fraction of sp³-hybridized carbons (Fsp3) is 0.120. The number of Topliss-reactive ketones (excluding diaryl/α,β-unsaturated/α-hetero) is 1. The molecule has 0 saturated heterocycles. The maximum absolute atomic E-state index is 13.6. The first-order valence-electron chi connectivity index (χ1n) is 10.5. The number of rotatable bonds is 7. The number of hydrogen-bond donors (Lipinski definition) is 0. The molecule has 3 aromatic carbocycles. The third kappa shape index (κ3) is 3.83. The number of hydrogen-bond acceptors (Lipinski definition) is 6. The Morgan fingerprint density at radius 2 is 1.38 bits per heavy atom. The van der Waals surface area contributed by atoms with Gasteiger partial charge in [-0.2, -0.15) is 5.01 Å². The summed E-state index contributed by atoms with van der Waals surface area (Å²) in [6.45, 7) is 1.67. The number of imide groups is 1. The Bertz CT molecular complexity index is 1270. The van der Waals surface area contributed by atoms with Crippen molar-refractivity contribution in [3.05, 3.63) is 111 Å². The summed E-state index contributed by atoms with van der Waals surface area (Å²) in [4.78, 5) is 63.9. The molecule has 4 rings (SSSR count). The molecule has 170 valence electrons. The molecule has 3 amide bonds. The zero-order chi connectivity index (χ0) is 24.4. The van der Waals surface area contributed by atoms with Crippen LogP contribution in [0.15, 0.2) is 78.9 Å². The molecule has 1 atom stereocenters. The predicted molar refractivity (Wildman–Crippen MR) is 121 cm³/mol. The van der Waals surface area contributed by atoms with Crippen LogP contribution in [0, 0.1) is 10.1 Å². The second-order valence-corrected chi connectivity index (χ2v) is 7.58. The molecular weight excluding hydrogens is 438 g/mol. The van der Waals surface area contributed by atoms with E-state index in [1.54, 1.807) is 49.4 Å². The molecular formula is C25H19N3O6. The van der Waals surface area contributed by atoms with E-state index in [4.69, 9.17) is 0 Å². The first-order chi connectivity index (χ1) is 16.3. The number of nitro benzene ring substituents is 1. The fourth-order valence-electron chi connectivity index (χ4n) is 3.87. The van der Waals surface area contributed by atoms with Crippen molar-refractivity contribution in [2.45, 2.75) is 19.4 Å². The lowest BCUT2D eigenvalue weighted by molar-refractivity contribution is -0.384. The van der Waals surface area contributed by atoms with Crippen LogP contribution in [0.2, 0.25) is 0 Å². The van der Waals surface area contributed by atoms with Gasteiger partial charge in [0, 0.05) is 23.3 Å². The zero-order valence-electron chi connectivity index (χ0n) is 18.1. The van der Waals surface area contributed by atoms with Gasteiger partial charge in [0.05, 0.1) is 16.1 Å². The van der Waals surface area contributed by atoms with E-state index in [0.717, 1.165) is 17.1 Å². The highest BCUT2D eigenvalue weighted by atomic mass is 16.6. The van der Waals surface area contributed by atoms with E-state index in [9.17, 15) is 29.3 Å². The van der Waals surface area contributed by atoms with Crippen molar-refractivity contribution < 1.29 is 24.1 Å². The van der Waals surface area contributed by atoms with Gasteiger partial charge in [-0.1, -0.05) is 49.4 Å². The summed E-state index contributed by atoms with van der Waals surface area (Å²) in [5, 5.41) is 12.6. The van der Waals surface area contributed by atoms with E-state index in [2.05, 4.69) is 0 Å². The third-order valence-electron chi connectivity index (χ3n) is 5.56. The molecule has 34 heavy (non-hydrogen) atoms. The van der Waals surface area contributed by atoms with E-state index < -0.39 is 34.5 Å². The van der Waals surface area contributed by atoms with E-state index in [-0.39, 0.29) is 28.8 Å². The summed E-state index contributed by atoms with van der Waals surface area (Å²) in [5.74, 6) is -2.71. The number of fused-ring (bicyclic) bond motifs is 1. The SMILES string of the molecule is CC[C@@H](C(=O)c1ccccc1)N(C(=O)c1ccc([N+](=O)[O-])cc1)N1C(=O)c2ccccc2C1=O. The Morgan fingerprint density at radius 1 is 0.853 bits per heavy atom. The number of hydrazine groups is 1. The largest absolute Gasteiger partial charge is 0.292 e. The predicted octanol–water partition coefficient (Wildman–Crippen LogP) is 3.91. The highest BCUT2D eigenvalue weighted by Gasteiger charge is 2.45. The molecule has 0 radical (unpaired) electrons. The second kappa shape index (κ2) is 9.07. The normalized spacial score (nSPS) is 13.4. The zero-order valence-corrected chi connectivity index (χ0v) is 18.1. The van der Waals surface area contributed by atoms with E-state index in [0.29, 0.717) is 10.6 Å². The average Bonchev–Trinajstić information content (AvgIpc) is 3.12. The standard InChI is InChI=1S/C25H19N3O6/c1-2-21(22(29)16-8-4-3-5-9-16)26(23(30)17-12-14-18(15-13-17)28(33)34)27-24(31)19-10-6-7-11-20(19)25(27)32/h3-15,21H,2H2,1H3/t21-/m0/s1. The summed E-state index contributed by atoms with van der Waals surface area (Å²) in [7, 11) is 0. The lowest BCUT2D eigenvalue weighted by Gasteiger charge is -2.35. The van der Waals surface area contributed by atoms with Crippen LogP contribution in [0.25, 0.3) is 0 Å². The number of carbonyl (C=O) groups is 4. The van der Waals surface area contributed by atoms with Crippen LogP contribution in [0.1, 0.15) is 54.8 Å². The number of amides is 3. The first-order valence-corrected chi connectivity index (χ1v) is 10.5. The summed E-state index contributed by atoms with van der Waals surface area (Å²) in [6, 6.07) is 18.0. The Balaban J connectivity index is 1.81. The molecule has 0 saturated carbocycles. The molecule has 0 fully saturated rings. The molecule has 0 bridgehead atoms. The molecule has 0 aliphatic carbocycles. The van der Waals surface area contributed by atoms with Gasteiger partial charge in [0.2, 0.25) is 0 Å². The fourth-order valence-corrected chi connectivity index (χ4v) is 3.87. The van der Waals surface area contributed by atoms with E-state index in [1.807, 2.05) is 0 Å². The van der Waals surface area contributed by atoms with Crippen LogP contribution in [-0.2, 0) is 0 Å². The van der Waals surface area contributed by atoms with E-state index >= 15 is 0 Å². The van der Waals surface area contributed by atoms with Crippen LogP contribution in [-0.4, -0.2) is 44.5 Å². The van der Waals surface area contributed by atoms with Crippen LogP contribution in [0.4, 0.5) is 5.69 Å². The average molecular weight is 457 g/mol. The van der Waals surface area contributed by atoms with Crippen molar-refractivity contribution in [2.24, 2.45) is 0 Å². The van der Waals surface area contributed by atoms with Gasteiger partial charge < -0.3 is 0 Å². The minimum Gasteiger partial charge on any atom is -0.292 e. The summed E-state index contributed by atoms with van der Waals surface area (Å²) < 4.78 is 0. The summed E-state index contributed by atoms with van der Waals surface area (Å²) >= 11 is 0. The van der Waals surface area contributed by atoms with Gasteiger partial charge in [-0.25, -0.2) is 5.01 Å². The molecule has 0 unspecified atom stereocenters. The van der Waals surface area contributed by atoms with Gasteiger partial charge in [-0.3, -0.25) is 29.3 Å². The van der Waals surface area contributed by atoms with Gasteiger partial charge in [-0.15, -0.1) is 0 Å². The quantitative estimate of drug-likeness (QED) is 0.230. The van der Waals surface area contributed by atoms with Crippen molar-refractivity contribution in [3.63, 3.8) is 0 Å². The summed E-state index contributed by atoms with van der Waals surface area (Å²) in [6.07, 6.45) is 0.111. The first kappa shape index (κ1) is 22.5. The van der Waals surface area contributed by atoms with Crippen LogP contribution in [0.5, 0.6) is 0 Å². The summed E-state index contributed by atoms with van der Waals surface area (Å²) in [5.41, 5.74) is 0.317. The highest BCUT2D eigenvalue weighted by molar-refractivity contribution is 6.22. The number of nitrogens with zero attached hydrogens (tertiary/aromatic N) is 3. The molecule has 1 aliphatic heterocycles. The maximum Gasteiger partial charge on any atom is 0.280 e. The van der Waals surface area contributed by atoms with Crippen molar-refractivity contribution in [3.8, 4) is 0 Å². The van der Waals surface area contributed by atoms with Gasteiger partial charge in [0.25, 0.3) is 23.4 Å². The number of non-ortho nitro benzene ring substituents is 1. The Labute approximate surface area is 194 Å². The van der Waals surface area contributed by atoms with Crippen molar-refractivity contribution in [1.29, 1.82) is 0 Å². The Morgan fingerprint density at radius 3 is 1.88 bits per heavy atom. The number of nitro groups is 1. The number of ketones is 1. The highest BCUT2D eigenvalue weighted by Crippen LogP contribution is 2.29. The van der Waals surface area contributed by atoms with Crippen molar-refractivity contribution in [2.75, 3.05) is 0 Å². The minimum absolute atomic E-state index is 0.0125. The maximum atomic E-state index is 13.6. The van der Waals surface area contributed by atoms with Crippen LogP contribution >= 0.6 is 0 Å².